The summed E-state index contributed by atoms with van der Waals surface area (Å²) in [6.07, 6.45) is -1.57. The van der Waals surface area contributed by atoms with Gasteiger partial charge in [0.15, 0.2) is 11.6 Å². The average Bonchev–Trinajstić information content (AvgIpc) is 3.18. The largest absolute Gasteiger partial charge is 0.500 e. The third-order valence-corrected chi connectivity index (χ3v) is 10.6. The minimum atomic E-state index is -4.43. The van der Waals surface area contributed by atoms with Gasteiger partial charge in [-0.2, -0.15) is 18.2 Å². The molecule has 0 aliphatic carbocycles. The van der Waals surface area contributed by atoms with E-state index in [0.29, 0.717) is 37.3 Å². The minimum Gasteiger partial charge on any atom is -0.500 e. The topological polar surface area (TPSA) is 80.6 Å². The van der Waals surface area contributed by atoms with Crippen molar-refractivity contribution in [3.05, 3.63) is 142 Å². The number of pyridine rings is 1. The molecule has 8 nitrogen and oxygen atoms in total. The number of carbonyl (C=O) groups is 1. The van der Waals surface area contributed by atoms with Crippen molar-refractivity contribution < 1.29 is 31.5 Å². The van der Waals surface area contributed by atoms with E-state index in [9.17, 15) is 31.5 Å². The van der Waals surface area contributed by atoms with Gasteiger partial charge < -0.3 is 14.2 Å². The van der Waals surface area contributed by atoms with E-state index in [0.717, 1.165) is 29.3 Å². The number of amides is 1. The van der Waals surface area contributed by atoms with Crippen molar-refractivity contribution in [2.24, 2.45) is 0 Å². The molecule has 0 radical (unpaired) electrons. The molecule has 288 valence electrons. The highest BCUT2D eigenvalue weighted by Crippen LogP contribution is 2.32. The zero-order chi connectivity index (χ0) is 39.5. The number of likely N-dealkylation sites (tertiary alicyclic amines) is 1. The van der Waals surface area contributed by atoms with E-state index >= 15 is 0 Å². The molecule has 1 amide bonds. The van der Waals surface area contributed by atoms with Gasteiger partial charge in [0.25, 0.3) is 5.56 Å². The Labute approximate surface area is 315 Å². The van der Waals surface area contributed by atoms with Crippen LogP contribution in [0, 0.1) is 11.6 Å². The number of aromatic nitrogens is 3. The lowest BCUT2D eigenvalue weighted by atomic mass is 9.94. The number of hydrogen-bond donors (Lipinski definition) is 0. The number of rotatable bonds is 12. The summed E-state index contributed by atoms with van der Waals surface area (Å²) in [5, 5.41) is 0.218. The molecule has 1 aliphatic heterocycles. The molecule has 0 atom stereocenters. The van der Waals surface area contributed by atoms with Crippen molar-refractivity contribution in [1.82, 2.24) is 24.3 Å². The maximum Gasteiger partial charge on any atom is 0.416 e. The lowest BCUT2D eigenvalue weighted by Crippen LogP contribution is -2.54. The number of ether oxygens (including phenoxy) is 1. The summed E-state index contributed by atoms with van der Waals surface area (Å²) in [6, 6.07) is 19.2. The predicted octanol–water partition coefficient (Wildman–Crippen LogP) is 7.97. The molecule has 1 saturated heterocycles. The number of nitrogens with zero attached hydrogens (tertiary/aromatic N) is 5. The molecule has 0 saturated carbocycles. The first-order valence-electron chi connectivity index (χ1n) is 18.0. The zero-order valence-corrected chi connectivity index (χ0v) is 30.9. The number of aryl methyl sites for hydroxylation is 2. The summed E-state index contributed by atoms with van der Waals surface area (Å²) in [5.41, 5.74) is 0.804. The number of halogens is 5. The van der Waals surface area contributed by atoms with Crippen LogP contribution in [0.15, 0.2) is 102 Å². The molecule has 1 aliphatic rings. The van der Waals surface area contributed by atoms with Crippen LogP contribution in [-0.4, -0.2) is 62.0 Å². The molecule has 3 heterocycles. The second-order valence-electron chi connectivity index (χ2n) is 14.2. The van der Waals surface area contributed by atoms with E-state index in [1.165, 1.54) is 30.5 Å². The average molecular weight is 760 g/mol. The molecule has 0 spiro atoms. The Morgan fingerprint density at radius 1 is 0.927 bits per heavy atom. The van der Waals surface area contributed by atoms with Crippen LogP contribution in [0.5, 0.6) is 0 Å². The van der Waals surface area contributed by atoms with Crippen molar-refractivity contribution >= 4 is 16.9 Å². The molecule has 0 N–H and O–H groups in total. The normalized spacial score (nSPS) is 14.3. The lowest BCUT2D eigenvalue weighted by molar-refractivity contribution is -0.138. The van der Waals surface area contributed by atoms with E-state index in [1.807, 2.05) is 43.0 Å². The monoisotopic (exact) mass is 759 g/mol. The van der Waals surface area contributed by atoms with E-state index in [-0.39, 0.29) is 60.3 Å². The highest BCUT2D eigenvalue weighted by Gasteiger charge is 2.36. The number of fused-ring (bicyclic) bond motifs is 1. The van der Waals surface area contributed by atoms with Gasteiger partial charge in [0.1, 0.15) is 23.8 Å². The van der Waals surface area contributed by atoms with Gasteiger partial charge in [-0.1, -0.05) is 55.1 Å². The number of hydrogen-bond acceptors (Lipinski definition) is 6. The summed E-state index contributed by atoms with van der Waals surface area (Å²) in [7, 11) is 1.59. The number of benzene rings is 3. The van der Waals surface area contributed by atoms with Crippen LogP contribution >= 0.6 is 0 Å². The zero-order valence-electron chi connectivity index (χ0n) is 30.9. The number of piperidine rings is 1. The lowest BCUT2D eigenvalue weighted by Gasteiger charge is -2.45. The summed E-state index contributed by atoms with van der Waals surface area (Å²) in [6.45, 7) is 9.48. The Morgan fingerprint density at radius 3 is 2.22 bits per heavy atom. The van der Waals surface area contributed by atoms with Gasteiger partial charge in [-0.15, -0.1) is 0 Å². The summed E-state index contributed by atoms with van der Waals surface area (Å²) in [4.78, 5) is 40.5. The molecule has 5 aromatic rings. The summed E-state index contributed by atoms with van der Waals surface area (Å²) >= 11 is 0. The van der Waals surface area contributed by atoms with E-state index in [2.05, 4.69) is 21.4 Å². The van der Waals surface area contributed by atoms with Crippen molar-refractivity contribution in [1.29, 1.82) is 0 Å². The van der Waals surface area contributed by atoms with Crippen molar-refractivity contribution in [3.8, 4) is 11.1 Å². The highest BCUT2D eigenvalue weighted by molar-refractivity contribution is 5.80. The first kappa shape index (κ1) is 39.3. The molecule has 3 aromatic carbocycles. The number of alkyl halides is 3. The van der Waals surface area contributed by atoms with Gasteiger partial charge in [-0.3, -0.25) is 14.5 Å². The molecule has 55 heavy (non-hydrogen) atoms. The SMILES string of the molecule is C=C(OC)C(C)(C)N1CCC(N(Cc2ccc(-c3ccc(C(F)(F)F)cc3)cc2)C(=O)Cn2c(CCc3cccc(F)c3F)nc(=O)c3cccnc32)CC1. The Hall–Kier alpha value is -5.43. The molecule has 6 rings (SSSR count). The standard InChI is InChI=1S/C42H42F5N5O3/c1-27(55-4)41(2,3)50-23-20-33(21-24-50)51(25-28-10-12-29(13-11-28)30-14-17-32(18-15-30)42(45,46)47)37(53)26-52-36(19-16-31-7-5-9-35(43)38(31)44)49-40(54)34-8-6-22-48-39(34)52/h5-15,17-18,22,33H,1,16,19-21,23-26H2,2-4H3. The smallest absolute Gasteiger partial charge is 0.416 e. The first-order chi connectivity index (χ1) is 26.2. The van der Waals surface area contributed by atoms with Gasteiger partial charge in [0.05, 0.1) is 23.6 Å². The Balaban J connectivity index is 1.31. The highest BCUT2D eigenvalue weighted by atomic mass is 19.4. The molecule has 0 bridgehead atoms. The van der Waals surface area contributed by atoms with Gasteiger partial charge in [-0.25, -0.2) is 13.8 Å². The van der Waals surface area contributed by atoms with Crippen LogP contribution in [0.1, 0.15) is 49.2 Å². The van der Waals surface area contributed by atoms with Gasteiger partial charge in [-0.05, 0) is 85.7 Å². The van der Waals surface area contributed by atoms with Crippen LogP contribution in [-0.2, 0) is 41.6 Å². The fourth-order valence-electron chi connectivity index (χ4n) is 7.14. The van der Waals surface area contributed by atoms with Gasteiger partial charge in [0.2, 0.25) is 5.91 Å². The molecular weight excluding hydrogens is 717 g/mol. The Bertz CT molecular complexity index is 2230. The predicted molar refractivity (Wildman–Crippen MR) is 200 cm³/mol. The summed E-state index contributed by atoms with van der Waals surface area (Å²) < 4.78 is 75.1. The van der Waals surface area contributed by atoms with Crippen LogP contribution in [0.2, 0.25) is 0 Å². The Kier molecular flexibility index (Phi) is 11.5. The maximum atomic E-state index is 14.6. The van der Waals surface area contributed by atoms with Crippen LogP contribution in [0.25, 0.3) is 22.2 Å². The fraction of sp³-hybridized carbons (Fsp3) is 0.333. The van der Waals surface area contributed by atoms with Crippen LogP contribution < -0.4 is 5.56 Å². The number of carbonyl (C=O) groups excluding carboxylic acids is 1. The molecule has 1 fully saturated rings. The van der Waals surface area contributed by atoms with E-state index in [1.54, 1.807) is 23.8 Å². The maximum absolute atomic E-state index is 14.6. The van der Waals surface area contributed by atoms with E-state index < -0.39 is 34.5 Å². The third-order valence-electron chi connectivity index (χ3n) is 10.6. The molecule has 0 unspecified atom stereocenters. The first-order valence-corrected chi connectivity index (χ1v) is 18.0. The molecule has 13 heteroatoms. The van der Waals surface area contributed by atoms with Crippen LogP contribution in [0.4, 0.5) is 22.0 Å². The number of methoxy groups -OCH3 is 1. The third kappa shape index (κ3) is 8.62. The second-order valence-corrected chi connectivity index (χ2v) is 14.2. The van der Waals surface area contributed by atoms with Crippen molar-refractivity contribution in [3.63, 3.8) is 0 Å². The van der Waals surface area contributed by atoms with Crippen molar-refractivity contribution in [2.75, 3.05) is 20.2 Å². The Morgan fingerprint density at radius 2 is 1.58 bits per heavy atom. The second kappa shape index (κ2) is 16.1. The molecule has 2 aromatic heterocycles. The van der Waals surface area contributed by atoms with Gasteiger partial charge >= 0.3 is 6.18 Å². The van der Waals surface area contributed by atoms with E-state index in [4.69, 9.17) is 4.74 Å². The summed E-state index contributed by atoms with van der Waals surface area (Å²) in [5.74, 6) is -1.39. The molecular formula is C42H42F5N5O3. The minimum absolute atomic E-state index is 0.0264. The van der Waals surface area contributed by atoms with Gasteiger partial charge in [0, 0.05) is 38.3 Å². The quantitative estimate of drug-likeness (QED) is 0.0949. The van der Waals surface area contributed by atoms with Crippen molar-refractivity contribution in [2.45, 2.75) is 70.4 Å². The van der Waals surface area contributed by atoms with Crippen LogP contribution in [0.3, 0.4) is 0 Å². The fourth-order valence-corrected chi connectivity index (χ4v) is 7.14.